The molecule has 1 N–H and O–H groups in total. The lowest BCUT2D eigenvalue weighted by molar-refractivity contribution is -0.385. The highest BCUT2D eigenvalue weighted by molar-refractivity contribution is 6.29. The van der Waals surface area contributed by atoms with Gasteiger partial charge in [-0.25, -0.2) is 4.98 Å². The maximum Gasteiger partial charge on any atom is 0.300 e. The summed E-state index contributed by atoms with van der Waals surface area (Å²) in [6.45, 7) is 1.80. The molecule has 0 bridgehead atoms. The van der Waals surface area contributed by atoms with Crippen LogP contribution in [0.15, 0.2) is 22.9 Å². The molecule has 8 nitrogen and oxygen atoms in total. The minimum atomic E-state index is -0.696. The van der Waals surface area contributed by atoms with Crippen molar-refractivity contribution in [2.75, 3.05) is 0 Å². The van der Waals surface area contributed by atoms with E-state index in [1.807, 2.05) is 0 Å². The fourth-order valence-corrected chi connectivity index (χ4v) is 1.68. The first kappa shape index (κ1) is 13.9. The Bertz CT molecular complexity index is 670. The van der Waals surface area contributed by atoms with E-state index >= 15 is 0 Å². The average molecular weight is 297 g/mol. The normalized spacial score (nSPS) is 10.3. The van der Waals surface area contributed by atoms with Gasteiger partial charge < -0.3 is 9.84 Å². The van der Waals surface area contributed by atoms with Crippen molar-refractivity contribution in [1.82, 2.24) is 15.5 Å². The number of nitro groups is 1. The molecule has 0 radical (unpaired) electrons. The topological polar surface area (TPSA) is 111 Å². The van der Waals surface area contributed by atoms with Gasteiger partial charge >= 0.3 is 0 Å². The zero-order valence-electron chi connectivity index (χ0n) is 10.3. The van der Waals surface area contributed by atoms with Gasteiger partial charge in [0.1, 0.15) is 28.4 Å². The number of carbonyl (C=O) groups excluding carboxylic acids is 1. The summed E-state index contributed by atoms with van der Waals surface area (Å²) >= 11 is 5.65. The zero-order valence-corrected chi connectivity index (χ0v) is 11.0. The molecular weight excluding hydrogens is 288 g/mol. The van der Waals surface area contributed by atoms with E-state index in [1.54, 1.807) is 13.0 Å². The number of carbonyl (C=O) groups is 1. The van der Waals surface area contributed by atoms with Crippen molar-refractivity contribution >= 4 is 23.2 Å². The number of hydrogen-bond acceptors (Lipinski definition) is 6. The molecular formula is C11H9ClN4O4. The van der Waals surface area contributed by atoms with Crippen molar-refractivity contribution in [2.24, 2.45) is 0 Å². The molecule has 0 aliphatic carbocycles. The molecule has 0 fully saturated rings. The first-order valence-electron chi connectivity index (χ1n) is 5.47. The van der Waals surface area contributed by atoms with Crippen LogP contribution in [0.4, 0.5) is 5.69 Å². The number of aryl methyl sites for hydroxylation is 1. The van der Waals surface area contributed by atoms with Gasteiger partial charge in [-0.1, -0.05) is 16.8 Å². The lowest BCUT2D eigenvalue weighted by Gasteiger charge is -2.04. The molecule has 9 heteroatoms. The summed E-state index contributed by atoms with van der Waals surface area (Å²) in [5.74, 6) is -0.0335. The first-order chi connectivity index (χ1) is 9.47. The fourth-order valence-electron chi connectivity index (χ4n) is 1.52. The highest BCUT2D eigenvalue weighted by Crippen LogP contribution is 2.20. The highest BCUT2D eigenvalue weighted by Gasteiger charge is 2.21. The predicted molar refractivity (Wildman–Crippen MR) is 68.3 cm³/mol. The Hall–Kier alpha value is -2.48. The molecule has 0 atom stereocenters. The Morgan fingerprint density at radius 1 is 1.55 bits per heavy atom. The van der Waals surface area contributed by atoms with E-state index in [0.717, 1.165) is 12.3 Å². The number of nitrogens with one attached hydrogen (secondary N) is 1. The second kappa shape index (κ2) is 5.66. The van der Waals surface area contributed by atoms with Crippen molar-refractivity contribution in [3.05, 3.63) is 50.6 Å². The van der Waals surface area contributed by atoms with Crippen LogP contribution in [0, 0.1) is 17.0 Å². The third-order valence-corrected chi connectivity index (χ3v) is 2.60. The number of nitrogens with zero attached hydrogens (tertiary/aromatic N) is 3. The van der Waals surface area contributed by atoms with Gasteiger partial charge in [-0.3, -0.25) is 14.9 Å². The monoisotopic (exact) mass is 296 g/mol. The summed E-state index contributed by atoms with van der Waals surface area (Å²) in [5, 5.41) is 17.0. The highest BCUT2D eigenvalue weighted by atomic mass is 35.5. The quantitative estimate of drug-likeness (QED) is 0.523. The van der Waals surface area contributed by atoms with Crippen molar-refractivity contribution in [3.8, 4) is 0 Å². The largest absolute Gasteiger partial charge is 0.361 e. The van der Waals surface area contributed by atoms with Gasteiger partial charge in [-0.15, -0.1) is 0 Å². The lowest BCUT2D eigenvalue weighted by atomic mass is 10.2. The van der Waals surface area contributed by atoms with Crippen LogP contribution in [0.1, 0.15) is 21.8 Å². The Balaban J connectivity index is 2.16. The summed E-state index contributed by atoms with van der Waals surface area (Å²) in [5.41, 5.74) is -0.0582. The van der Waals surface area contributed by atoms with Crippen LogP contribution < -0.4 is 5.32 Å². The summed E-state index contributed by atoms with van der Waals surface area (Å²) in [6, 6.07) is 2.79. The zero-order chi connectivity index (χ0) is 14.7. The second-order valence-electron chi connectivity index (χ2n) is 3.89. The lowest BCUT2D eigenvalue weighted by Crippen LogP contribution is -2.24. The molecule has 104 valence electrons. The van der Waals surface area contributed by atoms with E-state index in [4.69, 9.17) is 16.1 Å². The van der Waals surface area contributed by atoms with Gasteiger partial charge in [0.25, 0.3) is 11.6 Å². The van der Waals surface area contributed by atoms with E-state index in [1.165, 1.54) is 0 Å². The number of hydrogen-bond donors (Lipinski definition) is 1. The molecule has 2 heterocycles. The molecule has 0 spiro atoms. The van der Waals surface area contributed by atoms with Gasteiger partial charge in [0.05, 0.1) is 11.5 Å². The van der Waals surface area contributed by atoms with Crippen LogP contribution in [0.5, 0.6) is 0 Å². The maximum atomic E-state index is 11.9. The summed E-state index contributed by atoms with van der Waals surface area (Å²) in [6.07, 6.45) is 0.942. The van der Waals surface area contributed by atoms with Crippen molar-refractivity contribution in [3.63, 3.8) is 0 Å². The standard InChI is InChI=1S/C11H9ClN4O4/c1-6-2-7(15-20-6)4-14-11(17)8-3-10(12)13-5-9(8)16(18)19/h2-3,5H,4H2,1H3,(H,14,17). The van der Waals surface area contributed by atoms with Gasteiger partial charge in [0, 0.05) is 6.07 Å². The molecule has 0 aromatic carbocycles. The van der Waals surface area contributed by atoms with Gasteiger partial charge in [0.2, 0.25) is 0 Å². The molecule has 0 saturated heterocycles. The van der Waals surface area contributed by atoms with E-state index in [0.29, 0.717) is 11.5 Å². The van der Waals surface area contributed by atoms with E-state index in [2.05, 4.69) is 15.5 Å². The SMILES string of the molecule is Cc1cc(CNC(=O)c2cc(Cl)ncc2[N+](=O)[O-])no1. The second-order valence-corrected chi connectivity index (χ2v) is 4.28. The van der Waals surface area contributed by atoms with Crippen molar-refractivity contribution < 1.29 is 14.2 Å². The van der Waals surface area contributed by atoms with Crippen LogP contribution in [-0.2, 0) is 6.54 Å². The van der Waals surface area contributed by atoms with Crippen LogP contribution in [0.2, 0.25) is 5.15 Å². The molecule has 2 aromatic heterocycles. The molecule has 0 unspecified atom stereocenters. The van der Waals surface area contributed by atoms with Crippen LogP contribution in [-0.4, -0.2) is 21.0 Å². The van der Waals surface area contributed by atoms with Crippen LogP contribution >= 0.6 is 11.6 Å². The summed E-state index contributed by atoms with van der Waals surface area (Å²) in [7, 11) is 0. The number of aromatic nitrogens is 2. The average Bonchev–Trinajstić information content (AvgIpc) is 2.81. The van der Waals surface area contributed by atoms with Crippen molar-refractivity contribution in [1.29, 1.82) is 0 Å². The van der Waals surface area contributed by atoms with E-state index in [-0.39, 0.29) is 17.3 Å². The number of amides is 1. The Labute approximate surface area is 117 Å². The van der Waals surface area contributed by atoms with E-state index in [9.17, 15) is 14.9 Å². The number of pyridine rings is 1. The molecule has 0 aliphatic heterocycles. The van der Waals surface area contributed by atoms with Crippen molar-refractivity contribution in [2.45, 2.75) is 13.5 Å². The van der Waals surface area contributed by atoms with Gasteiger partial charge in [0.15, 0.2) is 0 Å². The Morgan fingerprint density at radius 2 is 2.30 bits per heavy atom. The molecule has 1 amide bonds. The molecule has 2 rings (SSSR count). The van der Waals surface area contributed by atoms with Crippen LogP contribution in [0.3, 0.4) is 0 Å². The number of halogens is 1. The minimum Gasteiger partial charge on any atom is -0.361 e. The number of rotatable bonds is 4. The smallest absolute Gasteiger partial charge is 0.300 e. The third kappa shape index (κ3) is 3.09. The maximum absolute atomic E-state index is 11.9. The molecule has 0 aliphatic rings. The molecule has 20 heavy (non-hydrogen) atoms. The first-order valence-corrected chi connectivity index (χ1v) is 5.85. The molecule has 0 saturated carbocycles. The van der Waals surface area contributed by atoms with Crippen LogP contribution in [0.25, 0.3) is 0 Å². The van der Waals surface area contributed by atoms with Gasteiger partial charge in [-0.2, -0.15) is 0 Å². The summed E-state index contributed by atoms with van der Waals surface area (Å²) < 4.78 is 4.84. The molecule has 2 aromatic rings. The van der Waals surface area contributed by atoms with Gasteiger partial charge in [-0.05, 0) is 13.0 Å². The Kier molecular flexibility index (Phi) is 3.94. The summed E-state index contributed by atoms with van der Waals surface area (Å²) in [4.78, 5) is 25.7. The third-order valence-electron chi connectivity index (χ3n) is 2.40. The van der Waals surface area contributed by atoms with E-state index < -0.39 is 16.5 Å². The fraction of sp³-hybridized carbons (Fsp3) is 0.182. The predicted octanol–water partition coefficient (Wildman–Crippen LogP) is 1.87. The minimum absolute atomic E-state index is 0.00182. The Morgan fingerprint density at radius 3 is 2.90 bits per heavy atom.